The van der Waals surface area contributed by atoms with Crippen molar-refractivity contribution in [2.75, 3.05) is 20.2 Å². The van der Waals surface area contributed by atoms with Gasteiger partial charge in [0.25, 0.3) is 0 Å². The summed E-state index contributed by atoms with van der Waals surface area (Å²) in [5.41, 5.74) is 2.15. The summed E-state index contributed by atoms with van der Waals surface area (Å²) in [5.74, 6) is 0.960. The van der Waals surface area contributed by atoms with Crippen LogP contribution in [0, 0.1) is 0 Å². The van der Waals surface area contributed by atoms with Crippen molar-refractivity contribution in [1.82, 2.24) is 9.88 Å². The number of rotatable bonds is 2. The van der Waals surface area contributed by atoms with Crippen molar-refractivity contribution >= 4 is 17.0 Å². The van der Waals surface area contributed by atoms with Crippen LogP contribution in [-0.4, -0.2) is 41.3 Å². The molecule has 0 spiro atoms. The molecule has 0 radical (unpaired) electrons. The number of nitrogens with zero attached hydrogens (tertiary/aromatic N) is 2. The monoisotopic (exact) mass is 286 g/mol. The molecular formula is C16H18N2O3. The molecule has 0 saturated carbocycles. The molecule has 1 fully saturated rings. The van der Waals surface area contributed by atoms with Crippen LogP contribution in [0.1, 0.15) is 24.3 Å². The van der Waals surface area contributed by atoms with E-state index in [0.29, 0.717) is 24.9 Å². The zero-order valence-electron chi connectivity index (χ0n) is 12.0. The second-order valence-electron chi connectivity index (χ2n) is 5.32. The molecule has 3 rings (SSSR count). The van der Waals surface area contributed by atoms with E-state index in [1.165, 1.54) is 10.5 Å². The molecule has 2 heterocycles. The smallest absolute Gasteiger partial charge is 0.407 e. The minimum atomic E-state index is -0.828. The number of benzene rings is 1. The van der Waals surface area contributed by atoms with E-state index in [0.717, 1.165) is 23.7 Å². The molecule has 2 aromatic rings. The minimum absolute atomic E-state index is 0.351. The summed E-state index contributed by atoms with van der Waals surface area (Å²) in [7, 11) is 1.61. The molecule has 1 amide bonds. The SMILES string of the molecule is COc1ccc2cccc(C3CCN(C(=O)O)CC3)c2n1. The van der Waals surface area contributed by atoms with E-state index in [-0.39, 0.29) is 0 Å². The van der Waals surface area contributed by atoms with Gasteiger partial charge in [0, 0.05) is 24.5 Å². The molecule has 1 aromatic carbocycles. The fourth-order valence-electron chi connectivity index (χ4n) is 2.98. The zero-order valence-corrected chi connectivity index (χ0v) is 12.0. The van der Waals surface area contributed by atoms with E-state index in [1.54, 1.807) is 7.11 Å². The highest BCUT2D eigenvalue weighted by Gasteiger charge is 2.24. The number of hydrogen-bond donors (Lipinski definition) is 1. The second-order valence-corrected chi connectivity index (χ2v) is 5.32. The lowest BCUT2D eigenvalue weighted by Gasteiger charge is -2.30. The first-order chi connectivity index (χ1) is 10.2. The Labute approximate surface area is 123 Å². The molecular weight excluding hydrogens is 268 g/mol. The Bertz CT molecular complexity index is 664. The summed E-state index contributed by atoms with van der Waals surface area (Å²) in [6, 6.07) is 10.0. The van der Waals surface area contributed by atoms with Gasteiger partial charge in [0.1, 0.15) is 0 Å². The highest BCUT2D eigenvalue weighted by Crippen LogP contribution is 2.33. The van der Waals surface area contributed by atoms with Gasteiger partial charge in [-0.05, 0) is 30.4 Å². The number of pyridine rings is 1. The Kier molecular flexibility index (Phi) is 3.64. The van der Waals surface area contributed by atoms with Crippen LogP contribution < -0.4 is 4.74 Å². The standard InChI is InChI=1S/C16H18N2O3/c1-21-14-6-5-12-3-2-4-13(15(12)17-14)11-7-9-18(10-8-11)16(19)20/h2-6,11H,7-10H2,1H3,(H,19,20). The van der Waals surface area contributed by atoms with Gasteiger partial charge in [0.2, 0.25) is 5.88 Å². The van der Waals surface area contributed by atoms with Crippen molar-refractivity contribution in [2.24, 2.45) is 0 Å². The summed E-state index contributed by atoms with van der Waals surface area (Å²) < 4.78 is 5.22. The zero-order chi connectivity index (χ0) is 14.8. The number of para-hydroxylation sites is 1. The third kappa shape index (κ3) is 2.63. The number of fused-ring (bicyclic) bond motifs is 1. The molecule has 0 bridgehead atoms. The van der Waals surface area contributed by atoms with E-state index in [4.69, 9.17) is 9.84 Å². The highest BCUT2D eigenvalue weighted by molar-refractivity contribution is 5.83. The Morgan fingerprint density at radius 1 is 1.29 bits per heavy atom. The van der Waals surface area contributed by atoms with Gasteiger partial charge < -0.3 is 14.7 Å². The van der Waals surface area contributed by atoms with Gasteiger partial charge in [-0.1, -0.05) is 18.2 Å². The van der Waals surface area contributed by atoms with Gasteiger partial charge in [-0.15, -0.1) is 0 Å². The molecule has 0 aliphatic carbocycles. The molecule has 5 nitrogen and oxygen atoms in total. The van der Waals surface area contributed by atoms with Crippen molar-refractivity contribution < 1.29 is 14.6 Å². The van der Waals surface area contributed by atoms with Crippen LogP contribution >= 0.6 is 0 Å². The number of piperidine rings is 1. The predicted molar refractivity (Wildman–Crippen MR) is 79.9 cm³/mol. The second kappa shape index (κ2) is 5.60. The third-order valence-corrected chi connectivity index (χ3v) is 4.14. The lowest BCUT2D eigenvalue weighted by molar-refractivity contribution is 0.132. The van der Waals surface area contributed by atoms with Gasteiger partial charge in [-0.3, -0.25) is 0 Å². The quantitative estimate of drug-likeness (QED) is 0.921. The van der Waals surface area contributed by atoms with Crippen LogP contribution in [-0.2, 0) is 0 Å². The molecule has 5 heteroatoms. The van der Waals surface area contributed by atoms with E-state index in [1.807, 2.05) is 24.3 Å². The molecule has 0 atom stereocenters. The highest BCUT2D eigenvalue weighted by atomic mass is 16.5. The number of amides is 1. The number of methoxy groups -OCH3 is 1. The largest absolute Gasteiger partial charge is 0.481 e. The average Bonchev–Trinajstić information content (AvgIpc) is 2.54. The molecule has 1 aliphatic heterocycles. The van der Waals surface area contributed by atoms with Gasteiger partial charge in [0.05, 0.1) is 12.6 Å². The van der Waals surface area contributed by atoms with Crippen LogP contribution in [0.25, 0.3) is 10.9 Å². The normalized spacial score (nSPS) is 16.1. The first-order valence-electron chi connectivity index (χ1n) is 7.10. The number of carboxylic acid groups (broad SMARTS) is 1. The van der Waals surface area contributed by atoms with Gasteiger partial charge in [-0.25, -0.2) is 9.78 Å². The maximum absolute atomic E-state index is 11.0. The van der Waals surface area contributed by atoms with Gasteiger partial charge >= 0.3 is 6.09 Å². The number of hydrogen-bond acceptors (Lipinski definition) is 3. The maximum Gasteiger partial charge on any atom is 0.407 e. The molecule has 1 saturated heterocycles. The van der Waals surface area contributed by atoms with E-state index in [9.17, 15) is 4.79 Å². The topological polar surface area (TPSA) is 62.7 Å². The van der Waals surface area contributed by atoms with Crippen LogP contribution in [0.5, 0.6) is 5.88 Å². The molecule has 110 valence electrons. The third-order valence-electron chi connectivity index (χ3n) is 4.14. The van der Waals surface area contributed by atoms with Crippen LogP contribution in [0.3, 0.4) is 0 Å². The molecule has 1 N–H and O–H groups in total. The first-order valence-corrected chi connectivity index (χ1v) is 7.10. The van der Waals surface area contributed by atoms with Crippen molar-refractivity contribution in [3.8, 4) is 5.88 Å². The van der Waals surface area contributed by atoms with E-state index >= 15 is 0 Å². The number of likely N-dealkylation sites (tertiary alicyclic amines) is 1. The first kappa shape index (κ1) is 13.7. The van der Waals surface area contributed by atoms with Crippen molar-refractivity contribution in [1.29, 1.82) is 0 Å². The summed E-state index contributed by atoms with van der Waals surface area (Å²) in [6.07, 6.45) is 0.848. The summed E-state index contributed by atoms with van der Waals surface area (Å²) in [5, 5.41) is 10.1. The fraction of sp³-hybridized carbons (Fsp3) is 0.375. The predicted octanol–water partition coefficient (Wildman–Crippen LogP) is 3.10. The Hall–Kier alpha value is -2.30. The molecule has 0 unspecified atom stereocenters. The van der Waals surface area contributed by atoms with Crippen molar-refractivity contribution in [2.45, 2.75) is 18.8 Å². The van der Waals surface area contributed by atoms with Crippen molar-refractivity contribution in [3.63, 3.8) is 0 Å². The number of carbonyl (C=O) groups is 1. The van der Waals surface area contributed by atoms with Crippen LogP contribution in [0.4, 0.5) is 4.79 Å². The maximum atomic E-state index is 11.0. The summed E-state index contributed by atoms with van der Waals surface area (Å²) >= 11 is 0. The fourth-order valence-corrected chi connectivity index (χ4v) is 2.98. The summed E-state index contributed by atoms with van der Waals surface area (Å²) in [4.78, 5) is 17.0. The molecule has 1 aromatic heterocycles. The number of ether oxygens (including phenoxy) is 1. The van der Waals surface area contributed by atoms with Crippen LogP contribution in [0.15, 0.2) is 30.3 Å². The Morgan fingerprint density at radius 3 is 2.71 bits per heavy atom. The summed E-state index contributed by atoms with van der Waals surface area (Å²) in [6.45, 7) is 1.17. The number of aromatic nitrogens is 1. The van der Waals surface area contributed by atoms with E-state index in [2.05, 4.69) is 11.1 Å². The lowest BCUT2D eigenvalue weighted by atomic mass is 9.88. The van der Waals surface area contributed by atoms with Gasteiger partial charge in [-0.2, -0.15) is 0 Å². The Morgan fingerprint density at radius 2 is 2.05 bits per heavy atom. The average molecular weight is 286 g/mol. The lowest BCUT2D eigenvalue weighted by Crippen LogP contribution is -2.36. The minimum Gasteiger partial charge on any atom is -0.481 e. The van der Waals surface area contributed by atoms with Crippen LogP contribution in [0.2, 0.25) is 0 Å². The van der Waals surface area contributed by atoms with E-state index < -0.39 is 6.09 Å². The molecule has 21 heavy (non-hydrogen) atoms. The Balaban J connectivity index is 1.92. The van der Waals surface area contributed by atoms with Crippen molar-refractivity contribution in [3.05, 3.63) is 35.9 Å². The van der Waals surface area contributed by atoms with Gasteiger partial charge in [0.15, 0.2) is 0 Å². The molecule has 1 aliphatic rings.